The minimum absolute atomic E-state index is 0.0747. The van der Waals surface area contributed by atoms with Gasteiger partial charge in [0.15, 0.2) is 5.69 Å². The van der Waals surface area contributed by atoms with E-state index in [1.54, 1.807) is 12.1 Å². The first-order chi connectivity index (χ1) is 17.3. The number of halogens is 3. The molecule has 1 heterocycles. The molecule has 1 aliphatic rings. The van der Waals surface area contributed by atoms with Gasteiger partial charge in [-0.05, 0) is 55.5 Å². The second-order valence-electron chi connectivity index (χ2n) is 8.53. The van der Waals surface area contributed by atoms with Crippen LogP contribution in [0, 0.1) is 0 Å². The van der Waals surface area contributed by atoms with Gasteiger partial charge >= 0.3 is 6.18 Å². The van der Waals surface area contributed by atoms with Crippen LogP contribution in [0.5, 0.6) is 0 Å². The zero-order chi connectivity index (χ0) is 25.5. The second kappa shape index (κ2) is 11.3. The molecule has 0 radical (unpaired) electrons. The lowest BCUT2D eigenvalue weighted by Gasteiger charge is -2.11. The van der Waals surface area contributed by atoms with Crippen LogP contribution >= 0.6 is 0 Å². The third-order valence-electron chi connectivity index (χ3n) is 5.53. The van der Waals surface area contributed by atoms with Gasteiger partial charge in [0.1, 0.15) is 6.54 Å². The first-order valence-electron chi connectivity index (χ1n) is 11.6. The molecule has 190 valence electrons. The minimum atomic E-state index is -4.49. The molecule has 1 aliphatic carbocycles. The molecule has 8 nitrogen and oxygen atoms in total. The predicted molar refractivity (Wildman–Crippen MR) is 125 cm³/mol. The third kappa shape index (κ3) is 7.14. The highest BCUT2D eigenvalue weighted by Gasteiger charge is 2.29. The summed E-state index contributed by atoms with van der Waals surface area (Å²) < 4.78 is 44.4. The number of nitrogens with zero attached hydrogens (tertiary/aromatic N) is 3. The normalized spacial score (nSPS) is 13.4. The van der Waals surface area contributed by atoms with E-state index in [-0.39, 0.29) is 23.2 Å². The van der Waals surface area contributed by atoms with Gasteiger partial charge in [-0.3, -0.25) is 9.59 Å². The van der Waals surface area contributed by atoms with Crippen molar-refractivity contribution in [2.75, 3.05) is 13.2 Å². The van der Waals surface area contributed by atoms with Crippen LogP contribution in [0.3, 0.4) is 0 Å². The third-order valence-corrected chi connectivity index (χ3v) is 5.53. The minimum Gasteiger partial charge on any atom is -0.377 e. The van der Waals surface area contributed by atoms with E-state index in [1.165, 1.54) is 16.8 Å². The van der Waals surface area contributed by atoms with Crippen molar-refractivity contribution < 1.29 is 27.5 Å². The van der Waals surface area contributed by atoms with Crippen LogP contribution in [0.2, 0.25) is 0 Å². The summed E-state index contributed by atoms with van der Waals surface area (Å²) in [6.45, 7) is -0.472. The Morgan fingerprint density at radius 3 is 2.42 bits per heavy atom. The molecule has 11 heteroatoms. The zero-order valence-electron chi connectivity index (χ0n) is 19.4. The topological polar surface area (TPSA) is 98.1 Å². The number of benzene rings is 2. The van der Waals surface area contributed by atoms with Crippen molar-refractivity contribution in [3.05, 3.63) is 77.1 Å². The monoisotopic (exact) mass is 501 g/mol. The lowest BCUT2D eigenvalue weighted by Crippen LogP contribution is -2.33. The molecule has 3 aromatic rings. The maximum atomic E-state index is 12.7. The number of nitrogens with one attached hydrogen (secondary N) is 2. The average molecular weight is 502 g/mol. The van der Waals surface area contributed by atoms with Crippen LogP contribution in [0.4, 0.5) is 13.2 Å². The number of carbonyl (C=O) groups is 2. The van der Waals surface area contributed by atoms with E-state index >= 15 is 0 Å². The Morgan fingerprint density at radius 1 is 1.03 bits per heavy atom. The van der Waals surface area contributed by atoms with Gasteiger partial charge in [-0.1, -0.05) is 35.5 Å². The highest BCUT2D eigenvalue weighted by Crippen LogP contribution is 2.21. The molecule has 2 aromatic carbocycles. The van der Waals surface area contributed by atoms with Gasteiger partial charge in [0.25, 0.3) is 11.8 Å². The molecule has 0 aliphatic heterocycles. The van der Waals surface area contributed by atoms with Crippen molar-refractivity contribution >= 4 is 11.8 Å². The molecular weight excluding hydrogens is 475 g/mol. The summed E-state index contributed by atoms with van der Waals surface area (Å²) in [6, 6.07) is 15.8. The summed E-state index contributed by atoms with van der Waals surface area (Å²) in [5.41, 5.74) is 2.47. The smallest absolute Gasteiger partial charge is 0.377 e. The number of rotatable bonds is 11. The molecule has 0 saturated heterocycles. The molecule has 0 atom stereocenters. The lowest BCUT2D eigenvalue weighted by molar-refractivity contribution is -0.123. The van der Waals surface area contributed by atoms with E-state index in [1.807, 2.05) is 35.6 Å². The molecule has 1 saturated carbocycles. The molecular formula is C25H26F3N5O3. The fraction of sp³-hybridized carbons (Fsp3) is 0.360. The van der Waals surface area contributed by atoms with Gasteiger partial charge < -0.3 is 15.4 Å². The van der Waals surface area contributed by atoms with Gasteiger partial charge in [0.2, 0.25) is 0 Å². The zero-order valence-corrected chi connectivity index (χ0v) is 19.4. The number of hydrogen-bond donors (Lipinski definition) is 2. The van der Waals surface area contributed by atoms with Crippen LogP contribution in [0.25, 0.3) is 5.69 Å². The van der Waals surface area contributed by atoms with Gasteiger partial charge in [0.05, 0.1) is 18.0 Å². The summed E-state index contributed by atoms with van der Waals surface area (Å²) >= 11 is 0. The summed E-state index contributed by atoms with van der Waals surface area (Å²) in [6.07, 6.45) is -1.56. The van der Waals surface area contributed by atoms with Crippen molar-refractivity contribution in [2.24, 2.45) is 0 Å². The molecule has 1 fully saturated rings. The van der Waals surface area contributed by atoms with Crippen LogP contribution < -0.4 is 10.6 Å². The Hall–Kier alpha value is -3.73. The fourth-order valence-electron chi connectivity index (χ4n) is 3.53. The van der Waals surface area contributed by atoms with Crippen LogP contribution in [-0.2, 0) is 17.8 Å². The number of alkyl halides is 3. The maximum Gasteiger partial charge on any atom is 0.405 e. The number of aromatic nitrogens is 3. The summed E-state index contributed by atoms with van der Waals surface area (Å²) in [4.78, 5) is 24.7. The highest BCUT2D eigenvalue weighted by molar-refractivity contribution is 5.95. The Kier molecular flexibility index (Phi) is 7.99. The molecule has 0 bridgehead atoms. The Morgan fingerprint density at radius 2 is 1.75 bits per heavy atom. The van der Waals surface area contributed by atoms with E-state index in [2.05, 4.69) is 15.6 Å². The van der Waals surface area contributed by atoms with Crippen molar-refractivity contribution in [3.8, 4) is 5.69 Å². The summed E-state index contributed by atoms with van der Waals surface area (Å²) in [5, 5.41) is 13.0. The van der Waals surface area contributed by atoms with Crippen LogP contribution in [0.15, 0.2) is 54.6 Å². The Balaban J connectivity index is 1.44. The molecule has 2 amide bonds. The molecule has 4 rings (SSSR count). The quantitative estimate of drug-likeness (QED) is 0.392. The largest absolute Gasteiger partial charge is 0.405 e. The number of carbonyl (C=O) groups excluding carboxylic acids is 2. The standard InChI is InChI=1S/C25H26F3N5O3/c26-25(27,28)16-29-23(34)18-8-12-20(13-9-18)33-21(22(31-32-33)24(35)30-19-10-11-19)7-4-14-36-15-17-5-2-1-3-6-17/h1-3,5-6,8-9,12-13,19H,4,7,10-11,14-16H2,(H,29,34)(H,30,35). The van der Waals surface area contributed by atoms with E-state index in [4.69, 9.17) is 4.74 Å². The van der Waals surface area contributed by atoms with Crippen molar-refractivity contribution in [1.82, 2.24) is 25.6 Å². The van der Waals surface area contributed by atoms with E-state index in [9.17, 15) is 22.8 Å². The number of ether oxygens (including phenoxy) is 1. The maximum absolute atomic E-state index is 12.7. The van der Waals surface area contributed by atoms with E-state index in [0.29, 0.717) is 37.4 Å². The highest BCUT2D eigenvalue weighted by atomic mass is 19.4. The molecule has 2 N–H and O–H groups in total. The van der Waals surface area contributed by atoms with Crippen molar-refractivity contribution in [2.45, 2.75) is 44.5 Å². The van der Waals surface area contributed by atoms with Gasteiger partial charge in [-0.15, -0.1) is 5.10 Å². The molecule has 0 unspecified atom stereocenters. The molecule has 1 aromatic heterocycles. The SMILES string of the molecule is O=C(NCC(F)(F)F)c1ccc(-n2nnc(C(=O)NC3CC3)c2CCCOCc2ccccc2)cc1. The molecule has 0 spiro atoms. The second-order valence-corrected chi connectivity index (χ2v) is 8.53. The van der Waals surface area contributed by atoms with Crippen molar-refractivity contribution in [1.29, 1.82) is 0 Å². The van der Waals surface area contributed by atoms with E-state index in [0.717, 1.165) is 18.4 Å². The van der Waals surface area contributed by atoms with Crippen LogP contribution in [-0.4, -0.2) is 52.2 Å². The average Bonchev–Trinajstić information content (AvgIpc) is 3.58. The summed E-state index contributed by atoms with van der Waals surface area (Å²) in [5.74, 6) is -1.13. The lowest BCUT2D eigenvalue weighted by atomic mass is 10.1. The van der Waals surface area contributed by atoms with Gasteiger partial charge in [-0.2, -0.15) is 13.2 Å². The van der Waals surface area contributed by atoms with Gasteiger partial charge in [0, 0.05) is 18.2 Å². The number of hydrogen-bond acceptors (Lipinski definition) is 5. The molecule has 36 heavy (non-hydrogen) atoms. The Labute approximate surface area is 205 Å². The predicted octanol–water partition coefficient (Wildman–Crippen LogP) is 3.60. The van der Waals surface area contributed by atoms with Gasteiger partial charge in [-0.25, -0.2) is 4.68 Å². The fourth-order valence-corrected chi connectivity index (χ4v) is 3.53. The first-order valence-corrected chi connectivity index (χ1v) is 11.6. The van der Waals surface area contributed by atoms with Crippen molar-refractivity contribution in [3.63, 3.8) is 0 Å². The first kappa shape index (κ1) is 25.4. The van der Waals surface area contributed by atoms with E-state index < -0.39 is 18.6 Å². The number of amides is 2. The Bertz CT molecular complexity index is 1180. The summed E-state index contributed by atoms with van der Waals surface area (Å²) in [7, 11) is 0. The van der Waals surface area contributed by atoms with Crippen LogP contribution in [0.1, 0.15) is 51.4 Å².